The number of carbonyl (C=O) groups excluding carboxylic acids is 1. The average molecular weight is 617 g/mol. The molecule has 3 fully saturated rings. The van der Waals surface area contributed by atoms with E-state index >= 15 is 0 Å². The van der Waals surface area contributed by atoms with Gasteiger partial charge in [0.05, 0.1) is 12.2 Å². The van der Waals surface area contributed by atoms with E-state index in [0.717, 1.165) is 56.1 Å². The molecule has 6 atom stereocenters. The summed E-state index contributed by atoms with van der Waals surface area (Å²) >= 11 is 0. The highest BCUT2D eigenvalue weighted by molar-refractivity contribution is 6.74. The number of aldehydes is 1. The highest BCUT2D eigenvalue weighted by Gasteiger charge is 2.50. The van der Waals surface area contributed by atoms with E-state index in [1.807, 2.05) is 0 Å². The monoisotopic (exact) mass is 616 g/mol. The largest absolute Gasteiger partial charge is 0.414 e. The fourth-order valence-electron chi connectivity index (χ4n) is 7.96. The Kier molecular flexibility index (Phi) is 11.9. The van der Waals surface area contributed by atoms with Crippen LogP contribution in [0.15, 0.2) is 23.3 Å². The van der Waals surface area contributed by atoms with Gasteiger partial charge < -0.3 is 13.6 Å². The Morgan fingerprint density at radius 2 is 1.48 bits per heavy atom. The third-order valence-electron chi connectivity index (χ3n) is 12.5. The molecular formula is C37H68O3Si2. The molecule has 0 aromatic carbocycles. The number of fused-ring (bicyclic) bond motifs is 1. The maximum Gasteiger partial charge on any atom is 0.192 e. The summed E-state index contributed by atoms with van der Waals surface area (Å²) in [6.45, 7) is 28.8. The molecule has 3 rings (SSSR count). The first-order chi connectivity index (χ1) is 19.3. The molecule has 0 aliphatic heterocycles. The molecule has 3 aliphatic carbocycles. The lowest BCUT2D eigenvalue weighted by Gasteiger charge is -2.45. The lowest BCUT2D eigenvalue weighted by atomic mass is 9.60. The molecule has 0 heterocycles. The predicted molar refractivity (Wildman–Crippen MR) is 186 cm³/mol. The Balaban J connectivity index is 1.81. The van der Waals surface area contributed by atoms with Crippen molar-refractivity contribution in [2.75, 3.05) is 0 Å². The van der Waals surface area contributed by atoms with Crippen LogP contribution in [-0.2, 0) is 13.6 Å². The zero-order valence-corrected chi connectivity index (χ0v) is 31.8. The Morgan fingerprint density at radius 3 is 2.00 bits per heavy atom. The third-order valence-corrected chi connectivity index (χ3v) is 21.6. The van der Waals surface area contributed by atoms with Crippen molar-refractivity contribution < 1.29 is 13.6 Å². The lowest BCUT2D eigenvalue weighted by molar-refractivity contribution is -0.107. The molecular weight excluding hydrogens is 549 g/mol. The zero-order chi connectivity index (χ0) is 31.6. The number of hydrogen-bond donors (Lipinski definition) is 0. The van der Waals surface area contributed by atoms with Crippen LogP contribution in [0.1, 0.15) is 132 Å². The normalized spacial score (nSPS) is 31.2. The van der Waals surface area contributed by atoms with Crippen molar-refractivity contribution >= 4 is 22.9 Å². The molecule has 0 aromatic heterocycles. The van der Waals surface area contributed by atoms with Crippen molar-refractivity contribution in [2.24, 2.45) is 23.2 Å². The number of allylic oxidation sites excluding steroid dienone is 3. The first-order valence-electron chi connectivity index (χ1n) is 17.5. The van der Waals surface area contributed by atoms with Gasteiger partial charge in [0.1, 0.15) is 6.29 Å². The summed E-state index contributed by atoms with van der Waals surface area (Å²) in [5.41, 5.74) is 3.68. The highest BCUT2D eigenvalue weighted by atomic mass is 28.4. The van der Waals surface area contributed by atoms with Crippen LogP contribution < -0.4 is 0 Å². The van der Waals surface area contributed by atoms with Gasteiger partial charge in [0.2, 0.25) is 0 Å². The summed E-state index contributed by atoms with van der Waals surface area (Å²) in [6, 6.07) is 0. The minimum absolute atomic E-state index is 0.212. The molecule has 0 saturated heterocycles. The van der Waals surface area contributed by atoms with Crippen LogP contribution >= 0.6 is 0 Å². The van der Waals surface area contributed by atoms with Gasteiger partial charge in [0, 0.05) is 6.42 Å². The molecule has 0 amide bonds. The number of carbonyl (C=O) groups is 1. The van der Waals surface area contributed by atoms with E-state index in [2.05, 4.69) is 93.7 Å². The molecule has 42 heavy (non-hydrogen) atoms. The van der Waals surface area contributed by atoms with E-state index in [-0.39, 0.29) is 22.3 Å². The Hall–Kier alpha value is -0.496. The first kappa shape index (κ1) is 36.0. The predicted octanol–water partition coefficient (Wildman–Crippen LogP) is 11.4. The second-order valence-electron chi connectivity index (χ2n) is 17.7. The molecule has 5 heteroatoms. The maximum atomic E-state index is 10.8. The minimum atomic E-state index is -1.87. The van der Waals surface area contributed by atoms with Crippen molar-refractivity contribution in [2.45, 2.75) is 181 Å². The first-order valence-corrected chi connectivity index (χ1v) is 23.3. The van der Waals surface area contributed by atoms with E-state index in [1.165, 1.54) is 50.5 Å². The van der Waals surface area contributed by atoms with E-state index in [1.54, 1.807) is 5.57 Å². The number of unbranched alkanes of at least 4 members (excludes halogenated alkanes) is 2. The van der Waals surface area contributed by atoms with Gasteiger partial charge in [-0.1, -0.05) is 91.5 Å². The molecule has 242 valence electrons. The SMILES string of the molecule is C[C@H](CCCCC=O)[C@H]1CC[C@H]2/C(=C/C=C3C[C@@H](O[Si](C)(C)C(C)(C)C)C[C@H](O[Si](C)(C)C(C)(C)C)C3)CCC[C@]12C. The van der Waals surface area contributed by atoms with Crippen LogP contribution in [0.2, 0.25) is 36.3 Å². The van der Waals surface area contributed by atoms with E-state index in [9.17, 15) is 4.79 Å². The Morgan fingerprint density at radius 1 is 0.905 bits per heavy atom. The summed E-state index contributed by atoms with van der Waals surface area (Å²) in [6.07, 6.45) is 20.7. The maximum absolute atomic E-state index is 10.8. The molecule has 0 spiro atoms. The van der Waals surface area contributed by atoms with Crippen molar-refractivity contribution in [1.29, 1.82) is 0 Å². The molecule has 3 saturated carbocycles. The van der Waals surface area contributed by atoms with Gasteiger partial charge in [-0.3, -0.25) is 0 Å². The van der Waals surface area contributed by atoms with Crippen LogP contribution in [0.5, 0.6) is 0 Å². The van der Waals surface area contributed by atoms with Crippen LogP contribution in [0.25, 0.3) is 0 Å². The van der Waals surface area contributed by atoms with Gasteiger partial charge in [-0.25, -0.2) is 0 Å². The van der Waals surface area contributed by atoms with Crippen molar-refractivity contribution in [3.63, 3.8) is 0 Å². The van der Waals surface area contributed by atoms with Gasteiger partial charge >= 0.3 is 0 Å². The lowest BCUT2D eigenvalue weighted by Crippen LogP contribution is -2.48. The summed E-state index contributed by atoms with van der Waals surface area (Å²) in [4.78, 5) is 10.8. The summed E-state index contributed by atoms with van der Waals surface area (Å²) in [5, 5.41) is 0.423. The summed E-state index contributed by atoms with van der Waals surface area (Å²) in [5.74, 6) is 2.30. The van der Waals surface area contributed by atoms with Gasteiger partial charge in [0.15, 0.2) is 16.6 Å². The van der Waals surface area contributed by atoms with Crippen molar-refractivity contribution in [1.82, 2.24) is 0 Å². The van der Waals surface area contributed by atoms with Gasteiger partial charge in [-0.15, -0.1) is 0 Å². The molecule has 3 aliphatic rings. The van der Waals surface area contributed by atoms with Gasteiger partial charge in [0.25, 0.3) is 0 Å². The smallest absolute Gasteiger partial charge is 0.192 e. The second-order valence-corrected chi connectivity index (χ2v) is 27.2. The van der Waals surface area contributed by atoms with Crippen LogP contribution in [-0.4, -0.2) is 35.1 Å². The van der Waals surface area contributed by atoms with Crippen molar-refractivity contribution in [3.05, 3.63) is 23.3 Å². The van der Waals surface area contributed by atoms with Crippen LogP contribution in [0.4, 0.5) is 0 Å². The number of hydrogen-bond acceptors (Lipinski definition) is 3. The quantitative estimate of drug-likeness (QED) is 0.132. The average Bonchev–Trinajstić information content (AvgIpc) is 3.21. The topological polar surface area (TPSA) is 35.5 Å². The van der Waals surface area contributed by atoms with Crippen molar-refractivity contribution in [3.8, 4) is 0 Å². The molecule has 0 aromatic rings. The Labute approximate surface area is 263 Å². The molecule has 0 bridgehead atoms. The molecule has 3 nitrogen and oxygen atoms in total. The van der Waals surface area contributed by atoms with Gasteiger partial charge in [-0.2, -0.15) is 0 Å². The standard InChI is InChI=1S/C37H68O3Si2/c1-28(17-14-13-15-24-38)33-21-22-34-30(18-16-23-37(33,34)8)20-19-29-25-31(39-41(9,10)35(2,3)4)27-32(26-29)40-42(11,12)36(5,6)7/h19-20,24,28,31-34H,13-18,21-23,25-27H2,1-12H3/b30-20+/t28-,31-,32-,33-,34+,37-/m1/s1. The molecule has 0 N–H and O–H groups in total. The van der Waals surface area contributed by atoms with Crippen LogP contribution in [0, 0.1) is 23.2 Å². The number of rotatable bonds is 11. The van der Waals surface area contributed by atoms with Gasteiger partial charge in [-0.05, 0) is 117 Å². The molecule has 0 unspecified atom stereocenters. The fraction of sp³-hybridized carbons (Fsp3) is 0.865. The third kappa shape index (κ3) is 8.60. The fourth-order valence-corrected chi connectivity index (χ4v) is 10.7. The summed E-state index contributed by atoms with van der Waals surface area (Å²) < 4.78 is 14.1. The van der Waals surface area contributed by atoms with E-state index in [4.69, 9.17) is 8.85 Å². The summed E-state index contributed by atoms with van der Waals surface area (Å²) in [7, 11) is -3.73. The highest BCUT2D eigenvalue weighted by Crippen LogP contribution is 2.60. The van der Waals surface area contributed by atoms with E-state index in [0.29, 0.717) is 5.41 Å². The minimum Gasteiger partial charge on any atom is -0.414 e. The zero-order valence-electron chi connectivity index (χ0n) is 29.8. The van der Waals surface area contributed by atoms with E-state index < -0.39 is 16.6 Å². The van der Waals surface area contributed by atoms with Crippen LogP contribution in [0.3, 0.4) is 0 Å². The Bertz CT molecular complexity index is 928. The second kappa shape index (κ2) is 13.9. The molecule has 0 radical (unpaired) electrons.